The van der Waals surface area contributed by atoms with E-state index in [-0.39, 0.29) is 5.92 Å². The predicted molar refractivity (Wildman–Crippen MR) is 58.2 cm³/mol. The van der Waals surface area contributed by atoms with Crippen molar-refractivity contribution in [3.63, 3.8) is 0 Å². The van der Waals surface area contributed by atoms with E-state index in [4.69, 9.17) is 0 Å². The van der Waals surface area contributed by atoms with Crippen LogP contribution in [-0.4, -0.2) is 36.3 Å². The first-order valence-corrected chi connectivity index (χ1v) is 6.71. The molecule has 0 radical (unpaired) electrons. The highest BCUT2D eigenvalue weighted by molar-refractivity contribution is 7.97. The van der Waals surface area contributed by atoms with Crippen molar-refractivity contribution >= 4 is 15.7 Å². The first-order valence-electron chi connectivity index (χ1n) is 5.17. The summed E-state index contributed by atoms with van der Waals surface area (Å²) in [6, 6.07) is -0.567. The van der Waals surface area contributed by atoms with Gasteiger partial charge < -0.3 is 10.4 Å². The van der Waals surface area contributed by atoms with E-state index in [0.29, 0.717) is 5.57 Å². The smallest absolute Gasteiger partial charge is 0.247 e. The van der Waals surface area contributed by atoms with Crippen molar-refractivity contribution in [1.29, 1.82) is 0 Å². The fourth-order valence-electron chi connectivity index (χ4n) is 2.53. The van der Waals surface area contributed by atoms with E-state index in [1.54, 1.807) is 20.8 Å². The topological polar surface area (TPSA) is 83.5 Å². The predicted octanol–water partition coefficient (Wildman–Crippen LogP) is -0.427. The second-order valence-electron chi connectivity index (χ2n) is 4.80. The van der Waals surface area contributed by atoms with Gasteiger partial charge in [-0.25, -0.2) is 8.42 Å². The van der Waals surface area contributed by atoms with E-state index in [1.165, 1.54) is 0 Å². The zero-order valence-corrected chi connectivity index (χ0v) is 10.2. The molecule has 0 spiro atoms. The highest BCUT2D eigenvalue weighted by Crippen LogP contribution is 2.45. The molecule has 5 nitrogen and oxygen atoms in total. The van der Waals surface area contributed by atoms with E-state index >= 15 is 0 Å². The number of carbonyl (C=O) groups is 1. The van der Waals surface area contributed by atoms with Crippen LogP contribution in [0.2, 0.25) is 0 Å². The molecule has 1 saturated heterocycles. The van der Waals surface area contributed by atoms with Gasteiger partial charge >= 0.3 is 0 Å². The molecular formula is C10H15NO4S. The number of rotatable bonds is 2. The lowest BCUT2D eigenvalue weighted by Crippen LogP contribution is -2.78. The molecule has 0 aliphatic carbocycles. The van der Waals surface area contributed by atoms with Gasteiger partial charge in [0.25, 0.3) is 0 Å². The summed E-state index contributed by atoms with van der Waals surface area (Å²) in [6.45, 7) is 5.05. The van der Waals surface area contributed by atoms with Crippen molar-refractivity contribution in [3.8, 4) is 0 Å². The van der Waals surface area contributed by atoms with Crippen molar-refractivity contribution in [3.05, 3.63) is 11.0 Å². The number of aliphatic hydroxyl groups is 1. The molecule has 0 unspecified atom stereocenters. The molecule has 0 aromatic carbocycles. The molecule has 2 aliphatic rings. The van der Waals surface area contributed by atoms with Crippen LogP contribution in [0.4, 0.5) is 0 Å². The van der Waals surface area contributed by atoms with Crippen LogP contribution in [0.1, 0.15) is 20.8 Å². The molecule has 3 atom stereocenters. The Morgan fingerprint density at radius 1 is 1.50 bits per heavy atom. The summed E-state index contributed by atoms with van der Waals surface area (Å²) in [4.78, 5) is 11.7. The van der Waals surface area contributed by atoms with E-state index in [0.717, 1.165) is 5.41 Å². The summed E-state index contributed by atoms with van der Waals surface area (Å²) >= 11 is 0. The standard InChI is InChI=1S/C10H15NO4S/c1-5(2)8(12)10-7(11-9(10)13)6(3)4-16(10,14)15/h4-5,7-8,12H,1-3H3,(H,11,13)/t7-,8-,10-/m0/s1. The van der Waals surface area contributed by atoms with Gasteiger partial charge in [0.2, 0.25) is 10.7 Å². The number of aliphatic hydroxyl groups excluding tert-OH is 1. The average Bonchev–Trinajstić information content (AvgIpc) is 2.27. The molecule has 2 rings (SSSR count). The first kappa shape index (κ1) is 11.6. The Labute approximate surface area is 94.5 Å². The Hall–Kier alpha value is -0.880. The number of sulfone groups is 1. The van der Waals surface area contributed by atoms with Crippen LogP contribution in [0.25, 0.3) is 0 Å². The summed E-state index contributed by atoms with van der Waals surface area (Å²) < 4.78 is 22.4. The molecule has 1 amide bonds. The average molecular weight is 245 g/mol. The normalized spacial score (nSPS) is 37.4. The number of nitrogens with one attached hydrogen (secondary N) is 1. The SMILES string of the molecule is CC1=CS(=O)(=O)[C@@]2([C@@H](O)C(C)C)C(=O)N[C@@H]12. The van der Waals surface area contributed by atoms with Gasteiger partial charge in [-0.3, -0.25) is 4.79 Å². The number of amides is 1. The fraction of sp³-hybridized carbons (Fsp3) is 0.700. The third-order valence-electron chi connectivity index (χ3n) is 3.40. The van der Waals surface area contributed by atoms with Crippen molar-refractivity contribution < 1.29 is 18.3 Å². The number of hydrogen-bond donors (Lipinski definition) is 2. The molecule has 0 bridgehead atoms. The molecule has 0 aromatic heterocycles. The minimum atomic E-state index is -3.72. The Morgan fingerprint density at radius 2 is 2.06 bits per heavy atom. The lowest BCUT2D eigenvalue weighted by Gasteiger charge is -2.47. The van der Waals surface area contributed by atoms with Gasteiger partial charge in [-0.05, 0) is 18.4 Å². The minimum absolute atomic E-state index is 0.289. The van der Waals surface area contributed by atoms with E-state index in [2.05, 4.69) is 5.32 Å². The third kappa shape index (κ3) is 1.04. The zero-order chi connectivity index (χ0) is 12.3. The Bertz CT molecular complexity index is 479. The maximum atomic E-state index is 12.0. The molecule has 2 N–H and O–H groups in total. The van der Waals surface area contributed by atoms with Crippen LogP contribution in [-0.2, 0) is 14.6 Å². The Morgan fingerprint density at radius 3 is 2.44 bits per heavy atom. The molecule has 2 heterocycles. The quantitative estimate of drug-likeness (QED) is 0.647. The van der Waals surface area contributed by atoms with Crippen molar-refractivity contribution in [2.75, 3.05) is 0 Å². The maximum absolute atomic E-state index is 12.0. The summed E-state index contributed by atoms with van der Waals surface area (Å²) in [5.41, 5.74) is 0.583. The molecular weight excluding hydrogens is 230 g/mol. The summed E-state index contributed by atoms with van der Waals surface area (Å²) in [6.07, 6.45) is -1.18. The number of β-lactam (4-membered cyclic amide) rings is 1. The lowest BCUT2D eigenvalue weighted by atomic mass is 9.77. The molecule has 2 aliphatic heterocycles. The highest BCUT2D eigenvalue weighted by atomic mass is 32.2. The molecule has 1 fully saturated rings. The van der Waals surface area contributed by atoms with Crippen LogP contribution < -0.4 is 5.32 Å². The first-order chi connectivity index (χ1) is 7.25. The van der Waals surface area contributed by atoms with Crippen LogP contribution >= 0.6 is 0 Å². The van der Waals surface area contributed by atoms with E-state index in [1.807, 2.05) is 0 Å². The van der Waals surface area contributed by atoms with Crippen LogP contribution in [0.3, 0.4) is 0 Å². The van der Waals surface area contributed by atoms with Gasteiger partial charge in [-0.1, -0.05) is 13.8 Å². The lowest BCUT2D eigenvalue weighted by molar-refractivity contribution is -0.137. The van der Waals surface area contributed by atoms with Gasteiger partial charge in [-0.15, -0.1) is 0 Å². The monoisotopic (exact) mass is 245 g/mol. The molecule has 6 heteroatoms. The highest BCUT2D eigenvalue weighted by Gasteiger charge is 2.71. The van der Waals surface area contributed by atoms with E-state index < -0.39 is 32.6 Å². The van der Waals surface area contributed by atoms with E-state index in [9.17, 15) is 18.3 Å². The van der Waals surface area contributed by atoms with Crippen LogP contribution in [0, 0.1) is 5.92 Å². The fourth-order valence-corrected chi connectivity index (χ4v) is 4.85. The van der Waals surface area contributed by atoms with Gasteiger partial charge in [0.15, 0.2) is 9.84 Å². The molecule has 0 aromatic rings. The van der Waals surface area contributed by atoms with Crippen molar-refractivity contribution in [1.82, 2.24) is 5.32 Å². The van der Waals surface area contributed by atoms with Crippen molar-refractivity contribution in [2.45, 2.75) is 37.7 Å². The second-order valence-corrected chi connectivity index (χ2v) is 6.80. The maximum Gasteiger partial charge on any atom is 0.247 e. The molecule has 90 valence electrons. The van der Waals surface area contributed by atoms with Gasteiger partial charge in [-0.2, -0.15) is 0 Å². The Kier molecular flexibility index (Phi) is 2.23. The van der Waals surface area contributed by atoms with Gasteiger partial charge in [0.05, 0.1) is 12.1 Å². The van der Waals surface area contributed by atoms with Crippen molar-refractivity contribution in [2.24, 2.45) is 5.92 Å². The number of fused-ring (bicyclic) bond motifs is 1. The minimum Gasteiger partial charge on any atom is -0.391 e. The summed E-state index contributed by atoms with van der Waals surface area (Å²) in [7, 11) is -3.72. The number of hydrogen-bond acceptors (Lipinski definition) is 4. The Balaban J connectivity index is 2.58. The van der Waals surface area contributed by atoms with Gasteiger partial charge in [0, 0.05) is 5.41 Å². The van der Waals surface area contributed by atoms with Crippen LogP contribution in [0.5, 0.6) is 0 Å². The molecule has 16 heavy (non-hydrogen) atoms. The summed E-state index contributed by atoms with van der Waals surface area (Å²) in [5, 5.41) is 13.7. The second kappa shape index (κ2) is 3.07. The zero-order valence-electron chi connectivity index (χ0n) is 9.39. The van der Waals surface area contributed by atoms with Gasteiger partial charge in [0.1, 0.15) is 0 Å². The van der Waals surface area contributed by atoms with Crippen LogP contribution in [0.15, 0.2) is 11.0 Å². The summed E-state index contributed by atoms with van der Waals surface area (Å²) in [5.74, 6) is -0.880. The largest absolute Gasteiger partial charge is 0.391 e. The number of carbonyl (C=O) groups excluding carboxylic acids is 1. The molecule has 0 saturated carbocycles. The third-order valence-corrected chi connectivity index (χ3v) is 5.68.